The molecule has 0 atom stereocenters. The molecule has 0 bridgehead atoms. The van der Waals surface area contributed by atoms with E-state index in [2.05, 4.69) is 9.97 Å². The Labute approximate surface area is 103 Å². The molecule has 0 saturated heterocycles. The molecular weight excluding hydrogens is 248 g/mol. The van der Waals surface area contributed by atoms with Crippen LogP contribution in [-0.4, -0.2) is 22.4 Å². The molecule has 1 aromatic rings. The number of nitrogens with two attached hydrogens (primary N) is 1. The highest BCUT2D eigenvalue weighted by atomic mass is 35.5. The molecule has 2 rings (SSSR count). The Hall–Kier alpha value is -0.810. The maximum Gasteiger partial charge on any atom is 0.248 e. The minimum atomic E-state index is -2.58. The fraction of sp³-hybridized carbons (Fsp3) is 0.636. The largest absolute Gasteiger partial charge is 0.330 e. The van der Waals surface area contributed by atoms with Crippen molar-refractivity contribution in [3.8, 4) is 0 Å². The van der Waals surface area contributed by atoms with Crippen LogP contribution in [0.4, 0.5) is 8.78 Å². The van der Waals surface area contributed by atoms with Crippen LogP contribution >= 0.6 is 11.6 Å². The first-order chi connectivity index (χ1) is 7.97. The second-order valence-corrected chi connectivity index (χ2v) is 4.95. The molecule has 1 aliphatic carbocycles. The van der Waals surface area contributed by atoms with Gasteiger partial charge in [0.2, 0.25) is 5.92 Å². The van der Waals surface area contributed by atoms with Gasteiger partial charge in [0.1, 0.15) is 5.15 Å². The Bertz CT molecular complexity index is 401. The molecule has 0 aromatic carbocycles. The van der Waals surface area contributed by atoms with Crippen molar-refractivity contribution in [3.63, 3.8) is 0 Å². The molecule has 0 aliphatic heterocycles. The summed E-state index contributed by atoms with van der Waals surface area (Å²) in [4.78, 5) is 8.12. The highest BCUT2D eigenvalue weighted by molar-refractivity contribution is 6.29. The molecule has 0 amide bonds. The van der Waals surface area contributed by atoms with Gasteiger partial charge in [0, 0.05) is 31.0 Å². The lowest BCUT2D eigenvalue weighted by Gasteiger charge is -2.38. The molecule has 2 N–H and O–H groups in total. The molecule has 0 unspecified atom stereocenters. The van der Waals surface area contributed by atoms with Crippen molar-refractivity contribution in [2.24, 2.45) is 5.73 Å². The van der Waals surface area contributed by atoms with Gasteiger partial charge in [0.25, 0.3) is 0 Å². The maximum atomic E-state index is 13.2. The number of aromatic nitrogens is 2. The van der Waals surface area contributed by atoms with Crippen molar-refractivity contribution in [2.45, 2.75) is 37.0 Å². The third-order valence-corrected chi connectivity index (χ3v) is 3.66. The van der Waals surface area contributed by atoms with Crippen LogP contribution in [0.5, 0.6) is 0 Å². The second-order valence-electron chi connectivity index (χ2n) is 4.57. The lowest BCUT2D eigenvalue weighted by Crippen LogP contribution is -2.42. The number of hydrogen-bond acceptors (Lipinski definition) is 3. The lowest BCUT2D eigenvalue weighted by molar-refractivity contribution is -0.0514. The first-order valence-corrected chi connectivity index (χ1v) is 5.91. The van der Waals surface area contributed by atoms with E-state index in [0.717, 1.165) is 0 Å². The standard InChI is InChI=1S/C11H14ClF2N3/c12-9-6-16-5-8(17-9)10(7-15)1-3-11(13,14)4-2-10/h5-6H,1-4,7,15H2. The van der Waals surface area contributed by atoms with Crippen molar-refractivity contribution >= 4 is 11.6 Å². The molecule has 0 spiro atoms. The normalized spacial score (nSPS) is 22.4. The Kier molecular flexibility index (Phi) is 3.32. The van der Waals surface area contributed by atoms with E-state index in [1.54, 1.807) is 6.20 Å². The minimum absolute atomic E-state index is 0.154. The molecular formula is C11H14ClF2N3. The summed E-state index contributed by atoms with van der Waals surface area (Å²) in [6.07, 6.45) is 3.34. The van der Waals surface area contributed by atoms with Gasteiger partial charge in [0.15, 0.2) is 0 Å². The summed E-state index contributed by atoms with van der Waals surface area (Å²) in [5.41, 5.74) is 5.88. The highest BCUT2D eigenvalue weighted by Crippen LogP contribution is 2.44. The minimum Gasteiger partial charge on any atom is -0.330 e. The van der Waals surface area contributed by atoms with Gasteiger partial charge in [-0.3, -0.25) is 4.98 Å². The average Bonchev–Trinajstić information content (AvgIpc) is 2.30. The van der Waals surface area contributed by atoms with Crippen LogP contribution in [0.25, 0.3) is 0 Å². The highest BCUT2D eigenvalue weighted by Gasteiger charge is 2.44. The smallest absolute Gasteiger partial charge is 0.248 e. The quantitative estimate of drug-likeness (QED) is 0.890. The predicted molar refractivity (Wildman–Crippen MR) is 61.2 cm³/mol. The molecule has 1 saturated carbocycles. The van der Waals surface area contributed by atoms with Crippen LogP contribution in [0.15, 0.2) is 12.4 Å². The topological polar surface area (TPSA) is 51.8 Å². The zero-order valence-corrected chi connectivity index (χ0v) is 10.1. The summed E-state index contributed by atoms with van der Waals surface area (Å²) in [7, 11) is 0. The van der Waals surface area contributed by atoms with Crippen LogP contribution in [0.3, 0.4) is 0 Å². The van der Waals surface area contributed by atoms with Gasteiger partial charge >= 0.3 is 0 Å². The van der Waals surface area contributed by atoms with E-state index in [9.17, 15) is 8.78 Å². The molecule has 1 fully saturated rings. The van der Waals surface area contributed by atoms with Gasteiger partial charge in [0.05, 0.1) is 11.9 Å². The molecule has 1 aliphatic rings. The van der Waals surface area contributed by atoms with Crippen molar-refractivity contribution in [3.05, 3.63) is 23.2 Å². The predicted octanol–water partition coefficient (Wildman–Crippen LogP) is 2.54. The fourth-order valence-corrected chi connectivity index (χ4v) is 2.40. The molecule has 1 aromatic heterocycles. The SMILES string of the molecule is NCC1(c2cncc(Cl)n2)CCC(F)(F)CC1. The van der Waals surface area contributed by atoms with E-state index in [0.29, 0.717) is 18.5 Å². The van der Waals surface area contributed by atoms with Crippen LogP contribution in [0, 0.1) is 0 Å². The number of nitrogens with zero attached hydrogens (tertiary/aromatic N) is 2. The Morgan fingerprint density at radius 2 is 1.88 bits per heavy atom. The first kappa shape index (κ1) is 12.6. The second kappa shape index (κ2) is 4.46. The molecule has 17 heavy (non-hydrogen) atoms. The summed E-state index contributed by atoms with van der Waals surface area (Å²) in [6, 6.07) is 0. The third kappa shape index (κ3) is 2.55. The van der Waals surface area contributed by atoms with Crippen LogP contribution in [0.1, 0.15) is 31.4 Å². The van der Waals surface area contributed by atoms with Crippen molar-refractivity contribution < 1.29 is 8.78 Å². The van der Waals surface area contributed by atoms with E-state index in [4.69, 9.17) is 17.3 Å². The summed E-state index contributed by atoms with van der Waals surface area (Å²) < 4.78 is 26.4. The summed E-state index contributed by atoms with van der Waals surface area (Å²) in [6.45, 7) is 0.290. The van der Waals surface area contributed by atoms with E-state index >= 15 is 0 Å². The molecule has 0 radical (unpaired) electrons. The van der Waals surface area contributed by atoms with Crippen molar-refractivity contribution in [2.75, 3.05) is 6.54 Å². The van der Waals surface area contributed by atoms with Gasteiger partial charge in [-0.2, -0.15) is 0 Å². The van der Waals surface area contributed by atoms with E-state index < -0.39 is 11.3 Å². The summed E-state index contributed by atoms with van der Waals surface area (Å²) in [5.74, 6) is -2.58. The number of alkyl halides is 2. The number of rotatable bonds is 2. The monoisotopic (exact) mass is 261 g/mol. The first-order valence-electron chi connectivity index (χ1n) is 5.53. The Morgan fingerprint density at radius 1 is 1.24 bits per heavy atom. The van der Waals surface area contributed by atoms with Crippen LogP contribution in [-0.2, 0) is 5.41 Å². The summed E-state index contributed by atoms with van der Waals surface area (Å²) in [5, 5.41) is 0.271. The van der Waals surface area contributed by atoms with Crippen molar-refractivity contribution in [1.82, 2.24) is 9.97 Å². The maximum absolute atomic E-state index is 13.2. The van der Waals surface area contributed by atoms with Crippen LogP contribution < -0.4 is 5.73 Å². The average molecular weight is 262 g/mol. The summed E-state index contributed by atoms with van der Waals surface area (Å²) >= 11 is 5.78. The van der Waals surface area contributed by atoms with Gasteiger partial charge in [-0.25, -0.2) is 13.8 Å². The van der Waals surface area contributed by atoms with E-state index in [1.165, 1.54) is 6.20 Å². The van der Waals surface area contributed by atoms with Gasteiger partial charge in [-0.15, -0.1) is 0 Å². The number of halogens is 3. The van der Waals surface area contributed by atoms with Gasteiger partial charge in [-0.1, -0.05) is 11.6 Å². The fourth-order valence-electron chi connectivity index (χ4n) is 2.26. The van der Waals surface area contributed by atoms with Gasteiger partial charge in [-0.05, 0) is 12.8 Å². The molecule has 6 heteroatoms. The van der Waals surface area contributed by atoms with E-state index in [1.807, 2.05) is 0 Å². The lowest BCUT2D eigenvalue weighted by atomic mass is 9.71. The van der Waals surface area contributed by atoms with E-state index in [-0.39, 0.29) is 24.5 Å². The third-order valence-electron chi connectivity index (χ3n) is 3.48. The number of hydrogen-bond donors (Lipinski definition) is 1. The van der Waals surface area contributed by atoms with Crippen LogP contribution in [0.2, 0.25) is 5.15 Å². The Balaban J connectivity index is 2.27. The molecule has 1 heterocycles. The zero-order chi connectivity index (χ0) is 12.5. The molecule has 94 valence electrons. The Morgan fingerprint density at radius 3 is 2.41 bits per heavy atom. The molecule has 3 nitrogen and oxygen atoms in total. The van der Waals surface area contributed by atoms with Gasteiger partial charge < -0.3 is 5.73 Å². The van der Waals surface area contributed by atoms with Crippen molar-refractivity contribution in [1.29, 1.82) is 0 Å². The zero-order valence-electron chi connectivity index (χ0n) is 9.30.